The van der Waals surface area contributed by atoms with E-state index in [0.29, 0.717) is 5.92 Å². The van der Waals surface area contributed by atoms with Gasteiger partial charge in [0.15, 0.2) is 12.6 Å². The Morgan fingerprint density at radius 1 is 1.67 bits per heavy atom. The maximum absolute atomic E-state index is 4.07. The van der Waals surface area contributed by atoms with Crippen LogP contribution in [0, 0.1) is 0 Å². The number of aromatic nitrogens is 2. The Morgan fingerprint density at radius 3 is 2.56 bits per heavy atom. The largest absolute Gasteiger partial charge is 0.267 e. The van der Waals surface area contributed by atoms with Gasteiger partial charge in [-0.15, -0.1) is 0 Å². The van der Waals surface area contributed by atoms with Crippen molar-refractivity contribution in [2.45, 2.75) is 19.8 Å². The van der Waals surface area contributed by atoms with E-state index in [0.717, 1.165) is 0 Å². The van der Waals surface area contributed by atoms with Gasteiger partial charge in [0.05, 0.1) is 5.92 Å². The van der Waals surface area contributed by atoms with Crippen LogP contribution in [0.2, 0.25) is 0 Å². The Kier molecular flexibility index (Phi) is 1.81. The lowest BCUT2D eigenvalue weighted by molar-refractivity contribution is -0.732. The Labute approximate surface area is 59.1 Å². The Hall–Kier alpha value is -0.440. The number of rotatable bonds is 1. The van der Waals surface area contributed by atoms with Crippen LogP contribution < -0.4 is 4.68 Å². The fourth-order valence-electron chi connectivity index (χ4n) is 0.791. The minimum absolute atomic E-state index is 0.600. The zero-order valence-electron chi connectivity index (χ0n) is 5.96. The van der Waals surface area contributed by atoms with Crippen LogP contribution in [0.15, 0.2) is 5.51 Å². The molecule has 0 N–H and O–H groups in total. The van der Waals surface area contributed by atoms with Crippen LogP contribution in [0.1, 0.15) is 24.8 Å². The molecule has 0 unspecified atom stereocenters. The molecule has 1 aromatic heterocycles. The first-order valence-electron chi connectivity index (χ1n) is 3.01. The first-order chi connectivity index (χ1) is 4.22. The minimum Gasteiger partial charge on any atom is -0.0801 e. The smallest absolute Gasteiger partial charge is 0.0801 e. The lowest BCUT2D eigenvalue weighted by atomic mass is 10.2. The van der Waals surface area contributed by atoms with E-state index in [1.54, 1.807) is 11.3 Å². The van der Waals surface area contributed by atoms with Gasteiger partial charge in [0.2, 0.25) is 0 Å². The summed E-state index contributed by atoms with van der Waals surface area (Å²) in [4.78, 5) is 0. The van der Waals surface area contributed by atoms with Crippen LogP contribution in [-0.2, 0) is 7.05 Å². The molecule has 0 fully saturated rings. The van der Waals surface area contributed by atoms with Gasteiger partial charge in [-0.25, -0.2) is 0 Å². The second-order valence-corrected chi connectivity index (χ2v) is 3.22. The minimum atomic E-state index is 0.600. The summed E-state index contributed by atoms with van der Waals surface area (Å²) in [6, 6.07) is 0. The maximum atomic E-state index is 4.07. The molecule has 0 bridgehead atoms. The summed E-state index contributed by atoms with van der Waals surface area (Å²) in [7, 11) is 1.98. The number of hydrogen-bond acceptors (Lipinski definition) is 2. The normalized spacial score (nSPS) is 10.7. The molecule has 9 heavy (non-hydrogen) atoms. The highest BCUT2D eigenvalue weighted by Crippen LogP contribution is 2.12. The van der Waals surface area contributed by atoms with Crippen LogP contribution in [0.3, 0.4) is 0 Å². The van der Waals surface area contributed by atoms with E-state index in [1.165, 1.54) is 5.01 Å². The van der Waals surface area contributed by atoms with Gasteiger partial charge in [0, 0.05) is 5.10 Å². The van der Waals surface area contributed by atoms with Gasteiger partial charge in [-0.3, -0.25) is 0 Å². The molecule has 0 saturated heterocycles. The summed E-state index contributed by atoms with van der Waals surface area (Å²) in [6.45, 7) is 4.35. The van der Waals surface area contributed by atoms with Crippen LogP contribution in [0.4, 0.5) is 0 Å². The second kappa shape index (κ2) is 2.43. The van der Waals surface area contributed by atoms with Gasteiger partial charge in [-0.05, 0) is 0 Å². The third-order valence-electron chi connectivity index (χ3n) is 1.21. The number of aryl methyl sites for hydroxylation is 1. The van der Waals surface area contributed by atoms with Crippen LogP contribution >= 0.6 is 11.3 Å². The van der Waals surface area contributed by atoms with E-state index >= 15 is 0 Å². The molecule has 50 valence electrons. The summed E-state index contributed by atoms with van der Waals surface area (Å²) in [5, 5.41) is 5.40. The Bertz CT molecular complexity index is 193. The highest BCUT2D eigenvalue weighted by Gasteiger charge is 2.13. The molecular weight excluding hydrogens is 132 g/mol. The summed E-state index contributed by atoms with van der Waals surface area (Å²) >= 11 is 1.71. The van der Waals surface area contributed by atoms with E-state index in [2.05, 4.69) is 18.9 Å². The third kappa shape index (κ3) is 1.27. The fourth-order valence-corrected chi connectivity index (χ4v) is 1.56. The average Bonchev–Trinajstić information content (AvgIpc) is 2.13. The van der Waals surface area contributed by atoms with Crippen molar-refractivity contribution >= 4 is 11.3 Å². The van der Waals surface area contributed by atoms with Crippen LogP contribution in [0.25, 0.3) is 0 Å². The standard InChI is InChI=1S/C6H11N2S/c1-5(2)6-8(3)7-4-9-6/h4-5H,1-3H3/q+1. The maximum Gasteiger partial charge on any atom is 0.267 e. The lowest BCUT2D eigenvalue weighted by Crippen LogP contribution is -2.34. The number of nitrogens with zero attached hydrogens (tertiary/aromatic N) is 2. The predicted octanol–water partition coefficient (Wildman–Crippen LogP) is 1.09. The molecule has 2 nitrogen and oxygen atoms in total. The van der Waals surface area contributed by atoms with Gasteiger partial charge in [0.25, 0.3) is 5.01 Å². The van der Waals surface area contributed by atoms with Gasteiger partial charge in [-0.1, -0.05) is 29.9 Å². The van der Waals surface area contributed by atoms with E-state index in [1.807, 2.05) is 17.2 Å². The average molecular weight is 143 g/mol. The molecule has 0 amide bonds. The third-order valence-corrected chi connectivity index (χ3v) is 2.38. The van der Waals surface area contributed by atoms with Crippen molar-refractivity contribution in [3.63, 3.8) is 0 Å². The summed E-state index contributed by atoms with van der Waals surface area (Å²) < 4.78 is 1.93. The Morgan fingerprint density at radius 2 is 2.33 bits per heavy atom. The zero-order valence-corrected chi connectivity index (χ0v) is 6.77. The van der Waals surface area contributed by atoms with E-state index in [4.69, 9.17) is 0 Å². The first-order valence-corrected chi connectivity index (χ1v) is 3.89. The van der Waals surface area contributed by atoms with E-state index in [-0.39, 0.29) is 0 Å². The van der Waals surface area contributed by atoms with Gasteiger partial charge in [0.1, 0.15) is 0 Å². The molecule has 1 heterocycles. The van der Waals surface area contributed by atoms with Crippen molar-refractivity contribution in [3.8, 4) is 0 Å². The summed E-state index contributed by atoms with van der Waals surface area (Å²) in [5.74, 6) is 0.600. The van der Waals surface area contributed by atoms with Crippen molar-refractivity contribution < 1.29 is 4.68 Å². The van der Waals surface area contributed by atoms with E-state index in [9.17, 15) is 0 Å². The zero-order chi connectivity index (χ0) is 6.85. The number of hydrogen-bond donors (Lipinski definition) is 0. The van der Waals surface area contributed by atoms with Crippen LogP contribution in [-0.4, -0.2) is 5.10 Å². The fraction of sp³-hybridized carbons (Fsp3) is 0.667. The first kappa shape index (κ1) is 6.68. The van der Waals surface area contributed by atoms with Gasteiger partial charge in [-0.2, -0.15) is 0 Å². The lowest BCUT2D eigenvalue weighted by Gasteiger charge is -1.90. The molecule has 3 heteroatoms. The molecule has 1 rings (SSSR count). The SMILES string of the molecule is CC(C)c1scn[n+]1C. The molecule has 0 aliphatic carbocycles. The molecular formula is C6H11N2S+. The highest BCUT2D eigenvalue weighted by atomic mass is 32.1. The van der Waals surface area contributed by atoms with Crippen molar-refractivity contribution in [3.05, 3.63) is 10.5 Å². The molecule has 0 aromatic carbocycles. The molecule has 0 atom stereocenters. The topological polar surface area (TPSA) is 16.8 Å². The molecule has 0 aliphatic rings. The molecule has 1 aromatic rings. The molecule has 0 aliphatic heterocycles. The molecule has 0 spiro atoms. The van der Waals surface area contributed by atoms with Crippen molar-refractivity contribution in [1.29, 1.82) is 0 Å². The van der Waals surface area contributed by atoms with Crippen molar-refractivity contribution in [1.82, 2.24) is 5.10 Å². The van der Waals surface area contributed by atoms with Crippen molar-refractivity contribution in [2.75, 3.05) is 0 Å². The van der Waals surface area contributed by atoms with Crippen LogP contribution in [0.5, 0.6) is 0 Å². The highest BCUT2D eigenvalue weighted by molar-refractivity contribution is 7.09. The Balaban J connectivity index is 2.94. The molecule has 0 saturated carbocycles. The summed E-state index contributed by atoms with van der Waals surface area (Å²) in [6.07, 6.45) is 0. The van der Waals surface area contributed by atoms with Gasteiger partial charge >= 0.3 is 0 Å². The summed E-state index contributed by atoms with van der Waals surface area (Å²) in [5.41, 5.74) is 1.87. The second-order valence-electron chi connectivity index (χ2n) is 2.36. The quantitative estimate of drug-likeness (QED) is 0.538. The van der Waals surface area contributed by atoms with Crippen molar-refractivity contribution in [2.24, 2.45) is 7.05 Å². The molecule has 0 radical (unpaired) electrons. The van der Waals surface area contributed by atoms with E-state index < -0.39 is 0 Å². The van der Waals surface area contributed by atoms with Gasteiger partial charge < -0.3 is 0 Å². The monoisotopic (exact) mass is 143 g/mol. The predicted molar refractivity (Wildman–Crippen MR) is 37.4 cm³/mol.